The van der Waals surface area contributed by atoms with Crippen molar-refractivity contribution in [1.82, 2.24) is 10.3 Å². The Balaban J connectivity index is 1.90. The summed E-state index contributed by atoms with van der Waals surface area (Å²) in [5, 5.41) is 6.83. The van der Waals surface area contributed by atoms with E-state index in [9.17, 15) is 0 Å². The van der Waals surface area contributed by atoms with Gasteiger partial charge in [-0.3, -0.25) is 0 Å². The number of benzene rings is 1. The standard InChI is InChI=1S/C15H20N2S/c1-11-5-4-6-14(9-11)13(3)17-10-12(2)15-16-7-8-18-15/h4-9,12-13,17H,10H2,1-3H3. The molecule has 0 aliphatic rings. The molecule has 0 bridgehead atoms. The number of nitrogens with one attached hydrogen (secondary N) is 1. The SMILES string of the molecule is Cc1cccc(C(C)NCC(C)c2nccs2)c1. The van der Waals surface area contributed by atoms with Crippen molar-refractivity contribution >= 4 is 11.3 Å². The van der Waals surface area contributed by atoms with Gasteiger partial charge in [0.05, 0.1) is 5.01 Å². The third-order valence-electron chi connectivity index (χ3n) is 3.15. The first-order valence-electron chi connectivity index (χ1n) is 6.36. The number of hydrogen-bond acceptors (Lipinski definition) is 3. The Kier molecular flexibility index (Phi) is 4.50. The summed E-state index contributed by atoms with van der Waals surface area (Å²) in [5.41, 5.74) is 2.66. The predicted molar refractivity (Wildman–Crippen MR) is 78.1 cm³/mol. The van der Waals surface area contributed by atoms with Crippen LogP contribution in [0.5, 0.6) is 0 Å². The molecule has 2 unspecified atom stereocenters. The fraction of sp³-hybridized carbons (Fsp3) is 0.400. The van der Waals surface area contributed by atoms with E-state index >= 15 is 0 Å². The minimum absolute atomic E-state index is 0.382. The zero-order chi connectivity index (χ0) is 13.0. The summed E-state index contributed by atoms with van der Waals surface area (Å²) in [6.45, 7) is 7.52. The molecule has 0 saturated heterocycles. The topological polar surface area (TPSA) is 24.9 Å². The molecule has 2 rings (SSSR count). The summed E-state index contributed by atoms with van der Waals surface area (Å²) in [6.07, 6.45) is 1.88. The van der Waals surface area contributed by atoms with Crippen LogP contribution < -0.4 is 5.32 Å². The highest BCUT2D eigenvalue weighted by molar-refractivity contribution is 7.09. The van der Waals surface area contributed by atoms with Crippen molar-refractivity contribution < 1.29 is 0 Å². The number of rotatable bonds is 5. The van der Waals surface area contributed by atoms with Crippen molar-refractivity contribution in [1.29, 1.82) is 0 Å². The average molecular weight is 260 g/mol. The second-order valence-electron chi connectivity index (χ2n) is 4.82. The second-order valence-corrected chi connectivity index (χ2v) is 5.74. The first kappa shape index (κ1) is 13.2. The molecule has 0 aliphatic carbocycles. The van der Waals surface area contributed by atoms with E-state index in [1.165, 1.54) is 16.1 Å². The summed E-state index contributed by atoms with van der Waals surface area (Å²) in [7, 11) is 0. The van der Waals surface area contributed by atoms with Crippen molar-refractivity contribution in [3.8, 4) is 0 Å². The molecule has 2 aromatic rings. The Morgan fingerprint density at radius 3 is 2.83 bits per heavy atom. The molecule has 0 radical (unpaired) electrons. The first-order valence-corrected chi connectivity index (χ1v) is 7.24. The molecule has 2 nitrogen and oxygen atoms in total. The van der Waals surface area contributed by atoms with E-state index < -0.39 is 0 Å². The van der Waals surface area contributed by atoms with Crippen LogP contribution in [0.25, 0.3) is 0 Å². The zero-order valence-corrected chi connectivity index (χ0v) is 12.0. The minimum atomic E-state index is 0.382. The molecule has 0 aliphatic heterocycles. The lowest BCUT2D eigenvalue weighted by molar-refractivity contribution is 0.536. The van der Waals surface area contributed by atoms with E-state index in [0.29, 0.717) is 12.0 Å². The largest absolute Gasteiger partial charge is 0.310 e. The third kappa shape index (κ3) is 3.40. The summed E-state index contributed by atoms with van der Waals surface area (Å²) >= 11 is 1.73. The van der Waals surface area contributed by atoms with Crippen LogP contribution in [0, 0.1) is 6.92 Å². The van der Waals surface area contributed by atoms with Crippen molar-refractivity contribution in [3.05, 3.63) is 52.0 Å². The Labute approximate surface area is 113 Å². The molecule has 0 saturated carbocycles. The van der Waals surface area contributed by atoms with Gasteiger partial charge in [0.25, 0.3) is 0 Å². The van der Waals surface area contributed by atoms with Gasteiger partial charge in [-0.25, -0.2) is 4.98 Å². The van der Waals surface area contributed by atoms with Crippen LogP contribution in [0.15, 0.2) is 35.8 Å². The van der Waals surface area contributed by atoms with Crippen LogP contribution in [-0.2, 0) is 0 Å². The Bertz CT molecular complexity index is 479. The van der Waals surface area contributed by atoms with Crippen LogP contribution in [0.2, 0.25) is 0 Å². The molecule has 18 heavy (non-hydrogen) atoms. The molecule has 2 atom stereocenters. The number of nitrogens with zero attached hydrogens (tertiary/aromatic N) is 1. The van der Waals surface area contributed by atoms with Gasteiger partial charge < -0.3 is 5.32 Å². The molecule has 1 N–H and O–H groups in total. The van der Waals surface area contributed by atoms with Crippen LogP contribution in [0.3, 0.4) is 0 Å². The van der Waals surface area contributed by atoms with Crippen LogP contribution >= 0.6 is 11.3 Å². The smallest absolute Gasteiger partial charge is 0.0965 e. The zero-order valence-electron chi connectivity index (χ0n) is 11.2. The highest BCUT2D eigenvalue weighted by atomic mass is 32.1. The molecule has 0 spiro atoms. The quantitative estimate of drug-likeness (QED) is 0.881. The molecule has 0 amide bonds. The van der Waals surface area contributed by atoms with Crippen molar-refractivity contribution in [2.24, 2.45) is 0 Å². The third-order valence-corrected chi connectivity index (χ3v) is 4.15. The van der Waals surface area contributed by atoms with E-state index in [0.717, 1.165) is 6.54 Å². The molecule has 1 aromatic carbocycles. The first-order chi connectivity index (χ1) is 8.66. The fourth-order valence-electron chi connectivity index (χ4n) is 1.98. The van der Waals surface area contributed by atoms with E-state index in [-0.39, 0.29) is 0 Å². The molecule has 1 heterocycles. The van der Waals surface area contributed by atoms with Gasteiger partial charge in [-0.2, -0.15) is 0 Å². The molecule has 96 valence electrons. The van der Waals surface area contributed by atoms with Crippen LogP contribution in [0.1, 0.15) is 41.9 Å². The van der Waals surface area contributed by atoms with Gasteiger partial charge in [-0.1, -0.05) is 36.8 Å². The van der Waals surface area contributed by atoms with Crippen LogP contribution in [0.4, 0.5) is 0 Å². The summed E-state index contributed by atoms with van der Waals surface area (Å²) in [5.74, 6) is 0.470. The lowest BCUT2D eigenvalue weighted by atomic mass is 10.1. The average Bonchev–Trinajstić information content (AvgIpc) is 2.89. The maximum absolute atomic E-state index is 4.36. The second kappa shape index (κ2) is 6.12. The molecule has 1 aromatic heterocycles. The number of thiazole rings is 1. The highest BCUT2D eigenvalue weighted by Crippen LogP contribution is 2.19. The van der Waals surface area contributed by atoms with E-state index in [2.05, 4.69) is 55.3 Å². The monoisotopic (exact) mass is 260 g/mol. The lowest BCUT2D eigenvalue weighted by Gasteiger charge is -2.17. The maximum atomic E-state index is 4.36. The van der Waals surface area contributed by atoms with Gasteiger partial charge in [-0.05, 0) is 19.4 Å². The van der Waals surface area contributed by atoms with Gasteiger partial charge in [0.15, 0.2) is 0 Å². The molecular weight excluding hydrogens is 240 g/mol. The van der Waals surface area contributed by atoms with Gasteiger partial charge in [0, 0.05) is 30.1 Å². The van der Waals surface area contributed by atoms with Gasteiger partial charge >= 0.3 is 0 Å². The molecular formula is C15H20N2S. The Morgan fingerprint density at radius 1 is 1.33 bits per heavy atom. The summed E-state index contributed by atoms with van der Waals surface area (Å²) in [4.78, 5) is 4.36. The van der Waals surface area contributed by atoms with Crippen molar-refractivity contribution in [2.75, 3.05) is 6.54 Å². The number of aromatic nitrogens is 1. The number of hydrogen-bond donors (Lipinski definition) is 1. The minimum Gasteiger partial charge on any atom is -0.310 e. The molecule has 0 fully saturated rings. The van der Waals surface area contributed by atoms with E-state index in [1.54, 1.807) is 11.3 Å². The van der Waals surface area contributed by atoms with E-state index in [1.807, 2.05) is 11.6 Å². The Hall–Kier alpha value is -1.19. The maximum Gasteiger partial charge on any atom is 0.0965 e. The summed E-state index contributed by atoms with van der Waals surface area (Å²) in [6, 6.07) is 9.05. The van der Waals surface area contributed by atoms with E-state index in [4.69, 9.17) is 0 Å². The Morgan fingerprint density at radius 2 is 2.17 bits per heavy atom. The van der Waals surface area contributed by atoms with Crippen molar-refractivity contribution in [2.45, 2.75) is 32.7 Å². The molecule has 3 heteroatoms. The fourth-order valence-corrected chi connectivity index (χ4v) is 2.67. The number of aryl methyl sites for hydroxylation is 1. The highest BCUT2D eigenvalue weighted by Gasteiger charge is 2.10. The van der Waals surface area contributed by atoms with Gasteiger partial charge in [0.1, 0.15) is 0 Å². The van der Waals surface area contributed by atoms with Crippen molar-refractivity contribution in [3.63, 3.8) is 0 Å². The summed E-state index contributed by atoms with van der Waals surface area (Å²) < 4.78 is 0. The lowest BCUT2D eigenvalue weighted by Crippen LogP contribution is -2.23. The van der Waals surface area contributed by atoms with Gasteiger partial charge in [-0.15, -0.1) is 11.3 Å². The van der Waals surface area contributed by atoms with Crippen LogP contribution in [-0.4, -0.2) is 11.5 Å². The predicted octanol–water partition coefficient (Wildman–Crippen LogP) is 3.91. The van der Waals surface area contributed by atoms with Gasteiger partial charge in [0.2, 0.25) is 0 Å². The normalized spacial score (nSPS) is 14.4.